The van der Waals surface area contributed by atoms with E-state index in [0.29, 0.717) is 6.04 Å². The maximum absolute atomic E-state index is 5.35. The molecular formula is C16H18N2O. The van der Waals surface area contributed by atoms with Crippen molar-refractivity contribution < 1.29 is 4.42 Å². The van der Waals surface area contributed by atoms with E-state index in [0.717, 1.165) is 18.6 Å². The Bertz CT molecular complexity index is 640. The van der Waals surface area contributed by atoms with Crippen molar-refractivity contribution in [2.75, 3.05) is 5.32 Å². The third-order valence-corrected chi connectivity index (χ3v) is 3.37. The molecule has 2 heterocycles. The van der Waals surface area contributed by atoms with Gasteiger partial charge in [0.05, 0.1) is 6.26 Å². The third-order valence-electron chi connectivity index (χ3n) is 3.37. The molecule has 0 aliphatic carbocycles. The van der Waals surface area contributed by atoms with Crippen LogP contribution in [-0.4, -0.2) is 11.0 Å². The van der Waals surface area contributed by atoms with E-state index in [1.807, 2.05) is 18.3 Å². The molecular weight excluding hydrogens is 236 g/mol. The first-order valence-electron chi connectivity index (χ1n) is 6.67. The largest absolute Gasteiger partial charge is 0.469 e. The van der Waals surface area contributed by atoms with Crippen molar-refractivity contribution in [2.45, 2.75) is 25.8 Å². The molecule has 0 aliphatic rings. The highest BCUT2D eigenvalue weighted by Crippen LogP contribution is 2.19. The number of anilines is 1. The highest BCUT2D eigenvalue weighted by Gasteiger charge is 2.05. The summed E-state index contributed by atoms with van der Waals surface area (Å²) in [5.74, 6) is 1.05. The van der Waals surface area contributed by atoms with Crippen LogP contribution in [0.2, 0.25) is 0 Å². The molecule has 19 heavy (non-hydrogen) atoms. The highest BCUT2D eigenvalue weighted by atomic mass is 16.3. The smallest absolute Gasteiger partial charge is 0.103 e. The summed E-state index contributed by atoms with van der Waals surface area (Å²) in [4.78, 5) is 3.20. The second-order valence-electron chi connectivity index (χ2n) is 4.94. The van der Waals surface area contributed by atoms with Gasteiger partial charge in [-0.05, 0) is 49.7 Å². The van der Waals surface area contributed by atoms with E-state index in [-0.39, 0.29) is 0 Å². The molecule has 0 bridgehead atoms. The molecule has 2 N–H and O–H groups in total. The molecule has 3 rings (SSSR count). The van der Waals surface area contributed by atoms with Crippen LogP contribution in [0.15, 0.2) is 53.3 Å². The van der Waals surface area contributed by atoms with Gasteiger partial charge < -0.3 is 14.7 Å². The lowest BCUT2D eigenvalue weighted by molar-refractivity contribution is 0.495. The monoisotopic (exact) mass is 254 g/mol. The second-order valence-corrected chi connectivity index (χ2v) is 4.94. The Morgan fingerprint density at radius 1 is 1.26 bits per heavy atom. The number of furan rings is 1. The van der Waals surface area contributed by atoms with Gasteiger partial charge in [-0.2, -0.15) is 0 Å². The van der Waals surface area contributed by atoms with Crippen LogP contribution in [0.5, 0.6) is 0 Å². The lowest BCUT2D eigenvalue weighted by Crippen LogP contribution is -2.15. The van der Waals surface area contributed by atoms with Crippen LogP contribution in [-0.2, 0) is 6.42 Å². The van der Waals surface area contributed by atoms with E-state index in [1.165, 1.54) is 16.6 Å². The van der Waals surface area contributed by atoms with Gasteiger partial charge in [-0.15, -0.1) is 0 Å². The molecule has 3 aromatic rings. The fourth-order valence-electron chi connectivity index (χ4n) is 2.31. The van der Waals surface area contributed by atoms with Crippen molar-refractivity contribution >= 4 is 16.6 Å². The van der Waals surface area contributed by atoms with Crippen molar-refractivity contribution in [2.24, 2.45) is 0 Å². The van der Waals surface area contributed by atoms with E-state index < -0.39 is 0 Å². The summed E-state index contributed by atoms with van der Waals surface area (Å²) in [6.45, 7) is 2.20. The molecule has 1 atom stereocenters. The average molecular weight is 254 g/mol. The van der Waals surface area contributed by atoms with Crippen molar-refractivity contribution in [1.82, 2.24) is 4.98 Å². The standard InChI is InChI=1S/C16H18N2O/c1-12(4-6-15-3-2-10-19-15)18-14-5-7-16-13(11-14)8-9-17-16/h2-3,5,7-12,17-18H,4,6H2,1H3. The summed E-state index contributed by atoms with van der Waals surface area (Å²) < 4.78 is 5.35. The molecule has 0 radical (unpaired) electrons. The van der Waals surface area contributed by atoms with Gasteiger partial charge in [0.1, 0.15) is 5.76 Å². The van der Waals surface area contributed by atoms with E-state index in [4.69, 9.17) is 4.42 Å². The first-order valence-corrected chi connectivity index (χ1v) is 6.67. The summed E-state index contributed by atoms with van der Waals surface area (Å²) in [7, 11) is 0. The molecule has 3 nitrogen and oxygen atoms in total. The van der Waals surface area contributed by atoms with Crippen molar-refractivity contribution in [3.8, 4) is 0 Å². The summed E-state index contributed by atoms with van der Waals surface area (Å²) in [5, 5.41) is 4.77. The van der Waals surface area contributed by atoms with Gasteiger partial charge in [0.25, 0.3) is 0 Å². The van der Waals surface area contributed by atoms with E-state index in [1.54, 1.807) is 6.26 Å². The van der Waals surface area contributed by atoms with Gasteiger partial charge in [-0.3, -0.25) is 0 Å². The van der Waals surface area contributed by atoms with Crippen molar-refractivity contribution in [3.63, 3.8) is 0 Å². The minimum Gasteiger partial charge on any atom is -0.469 e. The molecule has 3 heteroatoms. The van der Waals surface area contributed by atoms with Gasteiger partial charge >= 0.3 is 0 Å². The molecule has 0 amide bonds. The minimum absolute atomic E-state index is 0.418. The van der Waals surface area contributed by atoms with E-state index in [9.17, 15) is 0 Å². The number of hydrogen-bond donors (Lipinski definition) is 2. The fraction of sp³-hybridized carbons (Fsp3) is 0.250. The summed E-state index contributed by atoms with van der Waals surface area (Å²) in [6, 6.07) is 12.9. The molecule has 1 aromatic carbocycles. The molecule has 0 saturated heterocycles. The zero-order valence-corrected chi connectivity index (χ0v) is 11.0. The van der Waals surface area contributed by atoms with Crippen LogP contribution in [0.1, 0.15) is 19.1 Å². The first-order chi connectivity index (χ1) is 9.31. The average Bonchev–Trinajstić information content (AvgIpc) is 3.07. The van der Waals surface area contributed by atoms with E-state index in [2.05, 4.69) is 41.5 Å². The quantitative estimate of drug-likeness (QED) is 0.716. The first kappa shape index (κ1) is 11.9. The van der Waals surface area contributed by atoms with Crippen LogP contribution < -0.4 is 5.32 Å². The minimum atomic E-state index is 0.418. The Morgan fingerprint density at radius 3 is 3.05 bits per heavy atom. The molecule has 0 fully saturated rings. The normalized spacial score (nSPS) is 12.7. The predicted molar refractivity (Wildman–Crippen MR) is 78.4 cm³/mol. The predicted octanol–water partition coefficient (Wildman–Crippen LogP) is 4.19. The highest BCUT2D eigenvalue weighted by molar-refractivity contribution is 5.82. The van der Waals surface area contributed by atoms with Crippen molar-refractivity contribution in [1.29, 1.82) is 0 Å². The number of rotatable bonds is 5. The molecule has 2 aromatic heterocycles. The number of fused-ring (bicyclic) bond motifs is 1. The Kier molecular flexibility index (Phi) is 3.27. The van der Waals surface area contributed by atoms with Gasteiger partial charge in [-0.25, -0.2) is 0 Å². The van der Waals surface area contributed by atoms with E-state index >= 15 is 0 Å². The number of aromatic amines is 1. The third kappa shape index (κ3) is 2.81. The van der Waals surface area contributed by atoms with Gasteiger partial charge in [0, 0.05) is 35.2 Å². The lowest BCUT2D eigenvalue weighted by atomic mass is 10.1. The van der Waals surface area contributed by atoms with Gasteiger partial charge in [0.2, 0.25) is 0 Å². The summed E-state index contributed by atoms with van der Waals surface area (Å²) in [5.41, 5.74) is 2.34. The zero-order valence-electron chi connectivity index (χ0n) is 11.0. The number of benzene rings is 1. The molecule has 0 saturated carbocycles. The lowest BCUT2D eigenvalue weighted by Gasteiger charge is -2.14. The van der Waals surface area contributed by atoms with Crippen LogP contribution in [0.3, 0.4) is 0 Å². The molecule has 0 spiro atoms. The molecule has 98 valence electrons. The Morgan fingerprint density at radius 2 is 2.21 bits per heavy atom. The molecule has 1 unspecified atom stereocenters. The SMILES string of the molecule is CC(CCc1ccco1)Nc1ccc2[nH]ccc2c1. The number of hydrogen-bond acceptors (Lipinski definition) is 2. The van der Waals surface area contributed by atoms with Gasteiger partial charge in [0.15, 0.2) is 0 Å². The Balaban J connectivity index is 1.60. The topological polar surface area (TPSA) is 41.0 Å². The number of aryl methyl sites for hydroxylation is 1. The maximum atomic E-state index is 5.35. The summed E-state index contributed by atoms with van der Waals surface area (Å²) in [6.07, 6.45) is 5.72. The number of aromatic nitrogens is 1. The molecule has 0 aliphatic heterocycles. The van der Waals surface area contributed by atoms with Gasteiger partial charge in [-0.1, -0.05) is 0 Å². The maximum Gasteiger partial charge on any atom is 0.103 e. The van der Waals surface area contributed by atoms with Crippen LogP contribution in [0.25, 0.3) is 10.9 Å². The Labute approximate surface area is 112 Å². The number of H-pyrrole nitrogens is 1. The zero-order chi connectivity index (χ0) is 13.1. The summed E-state index contributed by atoms with van der Waals surface area (Å²) >= 11 is 0. The Hall–Kier alpha value is -2.16. The van der Waals surface area contributed by atoms with Crippen molar-refractivity contribution in [3.05, 3.63) is 54.6 Å². The number of nitrogens with one attached hydrogen (secondary N) is 2. The van der Waals surface area contributed by atoms with Crippen LogP contribution in [0.4, 0.5) is 5.69 Å². The van der Waals surface area contributed by atoms with Crippen LogP contribution >= 0.6 is 0 Å². The second kappa shape index (κ2) is 5.22. The fourth-order valence-corrected chi connectivity index (χ4v) is 2.31. The van der Waals surface area contributed by atoms with Crippen LogP contribution in [0, 0.1) is 0 Å².